The molecule has 0 unspecified atom stereocenters. The average Bonchev–Trinajstić information content (AvgIpc) is 3.38. The summed E-state index contributed by atoms with van der Waals surface area (Å²) >= 11 is 0. The molecule has 0 bridgehead atoms. The van der Waals surface area contributed by atoms with E-state index in [-0.39, 0.29) is 20.1 Å². The molecule has 4 aromatic carbocycles. The molecule has 0 aliphatic heterocycles. The molecular weight excluding hydrogens is 669 g/mol. The molecule has 197 valence electrons. The van der Waals surface area contributed by atoms with Gasteiger partial charge in [0.05, 0.1) is 5.58 Å². The first-order chi connectivity index (χ1) is 19.2. The maximum absolute atomic E-state index is 5.97. The summed E-state index contributed by atoms with van der Waals surface area (Å²) in [6, 6.07) is 45.3. The summed E-state index contributed by atoms with van der Waals surface area (Å²) in [7, 11) is 0. The standard InChI is InChI=1S/C19H16N.C17H10NO.Ir/c1-15-7-9-18(10-8-15)19-14-17(11-12-20-19)13-16-5-3-2-4-6-16;1-2-10-16-12(6-1)13-7-5-8-14(17(13)19-16)15-9-3-4-11-18-15;/h2-9,11-12,14H,13H2,1H3;1-7,9-11H;/q2*-1;. The first-order valence-corrected chi connectivity index (χ1v) is 13.0. The van der Waals surface area contributed by atoms with Gasteiger partial charge in [0.25, 0.3) is 0 Å². The van der Waals surface area contributed by atoms with Crippen molar-refractivity contribution >= 4 is 21.9 Å². The van der Waals surface area contributed by atoms with Crippen LogP contribution in [0.1, 0.15) is 16.7 Å². The van der Waals surface area contributed by atoms with Gasteiger partial charge in [-0.2, -0.15) is 0 Å². The number of pyridine rings is 2. The van der Waals surface area contributed by atoms with E-state index in [1.165, 1.54) is 16.7 Å². The molecule has 3 aromatic heterocycles. The van der Waals surface area contributed by atoms with Crippen LogP contribution in [0.3, 0.4) is 0 Å². The third-order valence-corrected chi connectivity index (χ3v) is 6.58. The summed E-state index contributed by atoms with van der Waals surface area (Å²) in [5, 5.41) is 2.23. The maximum Gasteiger partial charge on any atom is 0.120 e. The Hall–Kier alpha value is -4.37. The van der Waals surface area contributed by atoms with Crippen molar-refractivity contribution in [2.75, 3.05) is 0 Å². The molecular formula is C36H26IrN2O-2. The summed E-state index contributed by atoms with van der Waals surface area (Å²) in [5.41, 5.74) is 9.38. The van der Waals surface area contributed by atoms with E-state index in [0.717, 1.165) is 50.9 Å². The van der Waals surface area contributed by atoms with Crippen LogP contribution >= 0.6 is 0 Å². The van der Waals surface area contributed by atoms with Crippen LogP contribution in [0.4, 0.5) is 0 Å². The first kappa shape index (κ1) is 27.2. The van der Waals surface area contributed by atoms with Gasteiger partial charge in [0.2, 0.25) is 0 Å². The molecule has 0 spiro atoms. The predicted molar refractivity (Wildman–Crippen MR) is 158 cm³/mol. The van der Waals surface area contributed by atoms with Crippen molar-refractivity contribution in [1.29, 1.82) is 0 Å². The second-order valence-electron chi connectivity index (χ2n) is 9.40. The minimum Gasteiger partial charge on any atom is -0.501 e. The van der Waals surface area contributed by atoms with E-state index in [0.29, 0.717) is 0 Å². The average molecular weight is 695 g/mol. The van der Waals surface area contributed by atoms with Crippen molar-refractivity contribution in [2.24, 2.45) is 0 Å². The molecule has 0 atom stereocenters. The van der Waals surface area contributed by atoms with Gasteiger partial charge in [0.15, 0.2) is 0 Å². The summed E-state index contributed by atoms with van der Waals surface area (Å²) in [6.45, 7) is 2.07. The minimum atomic E-state index is 0. The molecule has 0 N–H and O–H groups in total. The smallest absolute Gasteiger partial charge is 0.120 e. The maximum atomic E-state index is 5.97. The molecule has 0 saturated heterocycles. The number of hydrogen-bond acceptors (Lipinski definition) is 3. The van der Waals surface area contributed by atoms with Crippen LogP contribution in [-0.4, -0.2) is 9.97 Å². The monoisotopic (exact) mass is 695 g/mol. The van der Waals surface area contributed by atoms with Gasteiger partial charge >= 0.3 is 0 Å². The van der Waals surface area contributed by atoms with E-state index in [2.05, 4.69) is 83.6 Å². The van der Waals surface area contributed by atoms with Gasteiger partial charge in [-0.3, -0.25) is 0 Å². The number of furan rings is 1. The molecule has 0 aliphatic carbocycles. The Labute approximate surface area is 247 Å². The first-order valence-electron chi connectivity index (χ1n) is 13.0. The summed E-state index contributed by atoms with van der Waals surface area (Å²) in [5.74, 6) is 0. The molecule has 4 heteroatoms. The number of aryl methyl sites for hydroxylation is 1. The SMILES string of the molecule is Cc1c[c-]c(-c2cc(Cc3ccccc3)ccn2)cc1.[Ir].[c-]1ccc2c(oc3ccccc32)c1-c1ccccn1. The number of nitrogens with zero attached hydrogens (tertiary/aromatic N) is 2. The molecule has 0 aliphatic rings. The van der Waals surface area contributed by atoms with Crippen molar-refractivity contribution in [1.82, 2.24) is 9.97 Å². The Balaban J connectivity index is 0.000000157. The fraction of sp³-hybridized carbons (Fsp3) is 0.0556. The van der Waals surface area contributed by atoms with Gasteiger partial charge in [0.1, 0.15) is 5.58 Å². The second-order valence-corrected chi connectivity index (χ2v) is 9.40. The van der Waals surface area contributed by atoms with Crippen LogP contribution in [0, 0.1) is 19.1 Å². The fourth-order valence-corrected chi connectivity index (χ4v) is 4.62. The largest absolute Gasteiger partial charge is 0.501 e. The zero-order valence-corrected chi connectivity index (χ0v) is 24.4. The molecule has 0 saturated carbocycles. The molecule has 3 nitrogen and oxygen atoms in total. The van der Waals surface area contributed by atoms with E-state index in [4.69, 9.17) is 4.42 Å². The molecule has 7 aromatic rings. The summed E-state index contributed by atoms with van der Waals surface area (Å²) < 4.78 is 5.97. The number of hydrogen-bond donors (Lipinski definition) is 0. The van der Waals surface area contributed by atoms with Crippen LogP contribution in [0.15, 0.2) is 132 Å². The zero-order valence-electron chi connectivity index (χ0n) is 22.0. The van der Waals surface area contributed by atoms with Crippen molar-refractivity contribution in [2.45, 2.75) is 13.3 Å². The van der Waals surface area contributed by atoms with Crippen molar-refractivity contribution in [3.63, 3.8) is 0 Å². The third-order valence-electron chi connectivity index (χ3n) is 6.58. The number of para-hydroxylation sites is 1. The number of rotatable bonds is 4. The van der Waals surface area contributed by atoms with Crippen LogP contribution in [-0.2, 0) is 26.5 Å². The number of benzene rings is 4. The van der Waals surface area contributed by atoms with E-state index < -0.39 is 0 Å². The van der Waals surface area contributed by atoms with Crippen LogP contribution < -0.4 is 0 Å². The van der Waals surface area contributed by atoms with E-state index in [9.17, 15) is 0 Å². The Morgan fingerprint density at radius 3 is 2.27 bits per heavy atom. The van der Waals surface area contributed by atoms with E-state index in [1.54, 1.807) is 6.20 Å². The van der Waals surface area contributed by atoms with Crippen LogP contribution in [0.2, 0.25) is 0 Å². The number of aromatic nitrogens is 2. The molecule has 1 radical (unpaired) electrons. The Kier molecular flexibility index (Phi) is 8.61. The summed E-state index contributed by atoms with van der Waals surface area (Å²) in [4.78, 5) is 8.83. The Bertz CT molecular complexity index is 1830. The molecule has 7 rings (SSSR count). The van der Waals surface area contributed by atoms with Crippen LogP contribution in [0.25, 0.3) is 44.5 Å². The van der Waals surface area contributed by atoms with Crippen molar-refractivity contribution in [3.05, 3.63) is 156 Å². The number of fused-ring (bicyclic) bond motifs is 3. The van der Waals surface area contributed by atoms with Crippen molar-refractivity contribution < 1.29 is 24.5 Å². The quantitative estimate of drug-likeness (QED) is 0.173. The van der Waals surface area contributed by atoms with E-state index in [1.807, 2.05) is 66.9 Å². The zero-order chi connectivity index (χ0) is 26.4. The molecule has 0 amide bonds. The minimum absolute atomic E-state index is 0. The normalized spacial score (nSPS) is 10.5. The topological polar surface area (TPSA) is 38.9 Å². The van der Waals surface area contributed by atoms with E-state index >= 15 is 0 Å². The van der Waals surface area contributed by atoms with Crippen molar-refractivity contribution in [3.8, 4) is 22.5 Å². The third kappa shape index (κ3) is 6.10. The molecule has 0 fully saturated rings. The Morgan fingerprint density at radius 1 is 0.675 bits per heavy atom. The second kappa shape index (κ2) is 12.7. The van der Waals surface area contributed by atoms with Gasteiger partial charge in [-0.05, 0) is 47.1 Å². The Morgan fingerprint density at radius 2 is 1.48 bits per heavy atom. The molecule has 40 heavy (non-hydrogen) atoms. The molecule has 3 heterocycles. The van der Waals surface area contributed by atoms with Gasteiger partial charge in [0, 0.05) is 37.9 Å². The van der Waals surface area contributed by atoms with Gasteiger partial charge < -0.3 is 14.4 Å². The van der Waals surface area contributed by atoms with Gasteiger partial charge in [-0.25, -0.2) is 0 Å². The van der Waals surface area contributed by atoms with Gasteiger partial charge in [-0.15, -0.1) is 53.6 Å². The summed E-state index contributed by atoms with van der Waals surface area (Å²) in [6.07, 6.45) is 4.59. The fourth-order valence-electron chi connectivity index (χ4n) is 4.62. The van der Waals surface area contributed by atoms with Gasteiger partial charge in [-0.1, -0.05) is 84.6 Å². The predicted octanol–water partition coefficient (Wildman–Crippen LogP) is 8.89. The van der Waals surface area contributed by atoms with Crippen LogP contribution in [0.5, 0.6) is 0 Å².